The lowest BCUT2D eigenvalue weighted by atomic mass is 9.89. The van der Waals surface area contributed by atoms with E-state index >= 15 is 0 Å². The summed E-state index contributed by atoms with van der Waals surface area (Å²) in [6.45, 7) is 2.38. The van der Waals surface area contributed by atoms with Crippen molar-refractivity contribution in [3.05, 3.63) is 54.6 Å². The SMILES string of the molecule is O=C(c1cccnc1)N1CCO[C@]2(CCC[C@@H]2COc2cccnc2)C1. The summed E-state index contributed by atoms with van der Waals surface area (Å²) in [5.41, 5.74) is 0.323. The van der Waals surface area contributed by atoms with Gasteiger partial charge in [-0.3, -0.25) is 14.8 Å². The molecule has 0 unspecified atom stereocenters. The van der Waals surface area contributed by atoms with E-state index in [1.807, 2.05) is 23.1 Å². The summed E-state index contributed by atoms with van der Waals surface area (Å²) < 4.78 is 12.2. The highest BCUT2D eigenvalue weighted by Crippen LogP contribution is 2.41. The van der Waals surface area contributed by atoms with Crippen LogP contribution in [-0.2, 0) is 4.74 Å². The Balaban J connectivity index is 1.45. The van der Waals surface area contributed by atoms with Gasteiger partial charge in [-0.1, -0.05) is 0 Å². The van der Waals surface area contributed by atoms with Gasteiger partial charge in [-0.25, -0.2) is 0 Å². The first kappa shape index (κ1) is 17.0. The summed E-state index contributed by atoms with van der Waals surface area (Å²) in [6, 6.07) is 7.39. The molecule has 0 N–H and O–H groups in total. The van der Waals surface area contributed by atoms with Crippen LogP contribution in [0.4, 0.5) is 0 Å². The molecule has 1 amide bonds. The number of carbonyl (C=O) groups excluding carboxylic acids is 1. The molecule has 1 saturated carbocycles. The van der Waals surface area contributed by atoms with Crippen LogP contribution in [0.1, 0.15) is 29.6 Å². The second-order valence-corrected chi connectivity index (χ2v) is 6.97. The molecule has 2 aliphatic rings. The molecule has 2 aromatic heterocycles. The van der Waals surface area contributed by atoms with Gasteiger partial charge in [0.2, 0.25) is 0 Å². The summed E-state index contributed by atoms with van der Waals surface area (Å²) in [6.07, 6.45) is 9.87. The van der Waals surface area contributed by atoms with Crippen molar-refractivity contribution in [2.45, 2.75) is 24.9 Å². The summed E-state index contributed by atoms with van der Waals surface area (Å²) in [4.78, 5) is 22.9. The topological polar surface area (TPSA) is 64.6 Å². The number of hydrogen-bond donors (Lipinski definition) is 0. The van der Waals surface area contributed by atoms with Crippen LogP contribution in [0.2, 0.25) is 0 Å². The van der Waals surface area contributed by atoms with Crippen molar-refractivity contribution in [3.63, 3.8) is 0 Å². The van der Waals surface area contributed by atoms with E-state index in [9.17, 15) is 4.79 Å². The molecule has 0 aromatic carbocycles. The van der Waals surface area contributed by atoms with Crippen LogP contribution >= 0.6 is 0 Å². The highest BCUT2D eigenvalue weighted by molar-refractivity contribution is 5.94. The van der Waals surface area contributed by atoms with Gasteiger partial charge in [-0.15, -0.1) is 0 Å². The Morgan fingerprint density at radius 1 is 1.27 bits per heavy atom. The fourth-order valence-corrected chi connectivity index (χ4v) is 4.03. The fraction of sp³-hybridized carbons (Fsp3) is 0.450. The van der Waals surface area contributed by atoms with Crippen molar-refractivity contribution < 1.29 is 14.3 Å². The minimum Gasteiger partial charge on any atom is -0.492 e. The lowest BCUT2D eigenvalue weighted by Crippen LogP contribution is -2.56. The van der Waals surface area contributed by atoms with Crippen LogP contribution in [0.3, 0.4) is 0 Å². The predicted molar refractivity (Wildman–Crippen MR) is 95.9 cm³/mol. The zero-order valence-electron chi connectivity index (χ0n) is 14.7. The van der Waals surface area contributed by atoms with Gasteiger partial charge in [-0.2, -0.15) is 0 Å². The van der Waals surface area contributed by atoms with Crippen molar-refractivity contribution in [2.75, 3.05) is 26.3 Å². The van der Waals surface area contributed by atoms with Crippen molar-refractivity contribution >= 4 is 5.91 Å². The molecular formula is C20H23N3O3. The maximum atomic E-state index is 12.8. The van der Waals surface area contributed by atoms with Gasteiger partial charge in [0.1, 0.15) is 5.75 Å². The number of hydrogen-bond acceptors (Lipinski definition) is 5. The second-order valence-electron chi connectivity index (χ2n) is 6.97. The summed E-state index contributed by atoms with van der Waals surface area (Å²) in [5, 5.41) is 0. The summed E-state index contributed by atoms with van der Waals surface area (Å²) in [7, 11) is 0. The van der Waals surface area contributed by atoms with Gasteiger partial charge in [0, 0.05) is 31.1 Å². The van der Waals surface area contributed by atoms with Gasteiger partial charge in [0.15, 0.2) is 0 Å². The third-order valence-electron chi connectivity index (χ3n) is 5.39. The van der Waals surface area contributed by atoms with Crippen molar-refractivity contribution in [1.82, 2.24) is 14.9 Å². The van der Waals surface area contributed by atoms with E-state index in [0.29, 0.717) is 31.9 Å². The van der Waals surface area contributed by atoms with Gasteiger partial charge in [-0.05, 0) is 43.5 Å². The number of amides is 1. The van der Waals surface area contributed by atoms with Crippen molar-refractivity contribution in [2.24, 2.45) is 5.92 Å². The molecular weight excluding hydrogens is 330 g/mol. The largest absolute Gasteiger partial charge is 0.492 e. The zero-order valence-corrected chi connectivity index (χ0v) is 14.7. The summed E-state index contributed by atoms with van der Waals surface area (Å²) in [5.74, 6) is 1.07. The number of aromatic nitrogens is 2. The minimum atomic E-state index is -0.307. The Kier molecular flexibility index (Phi) is 4.84. The van der Waals surface area contributed by atoms with Crippen LogP contribution in [0.15, 0.2) is 49.1 Å². The van der Waals surface area contributed by atoms with E-state index in [0.717, 1.165) is 25.0 Å². The number of nitrogens with zero attached hydrogens (tertiary/aromatic N) is 3. The molecule has 26 heavy (non-hydrogen) atoms. The van der Waals surface area contributed by atoms with E-state index in [1.54, 1.807) is 30.9 Å². The number of ether oxygens (including phenoxy) is 2. The number of carbonyl (C=O) groups is 1. The Morgan fingerprint density at radius 2 is 2.12 bits per heavy atom. The van der Waals surface area contributed by atoms with Gasteiger partial charge < -0.3 is 14.4 Å². The van der Waals surface area contributed by atoms with Gasteiger partial charge in [0.25, 0.3) is 5.91 Å². The minimum absolute atomic E-state index is 0.0274. The molecule has 1 aliphatic heterocycles. The first-order valence-electron chi connectivity index (χ1n) is 9.13. The zero-order chi connectivity index (χ0) is 17.8. The lowest BCUT2D eigenvalue weighted by molar-refractivity contribution is -0.126. The molecule has 2 fully saturated rings. The lowest BCUT2D eigenvalue weighted by Gasteiger charge is -2.44. The molecule has 0 radical (unpaired) electrons. The summed E-state index contributed by atoms with van der Waals surface area (Å²) >= 11 is 0. The average molecular weight is 353 g/mol. The monoisotopic (exact) mass is 353 g/mol. The molecule has 3 heterocycles. The third kappa shape index (κ3) is 3.42. The molecule has 2 atom stereocenters. The maximum Gasteiger partial charge on any atom is 0.255 e. The quantitative estimate of drug-likeness (QED) is 0.845. The van der Waals surface area contributed by atoms with Crippen LogP contribution in [-0.4, -0.2) is 52.7 Å². The molecule has 136 valence electrons. The Morgan fingerprint density at radius 3 is 2.88 bits per heavy atom. The Hall–Kier alpha value is -2.47. The van der Waals surface area contributed by atoms with Crippen LogP contribution in [0, 0.1) is 5.92 Å². The Labute approximate surface area is 153 Å². The average Bonchev–Trinajstić information content (AvgIpc) is 3.08. The van der Waals surface area contributed by atoms with Crippen molar-refractivity contribution in [1.29, 1.82) is 0 Å². The molecule has 1 saturated heterocycles. The third-order valence-corrected chi connectivity index (χ3v) is 5.39. The molecule has 4 rings (SSSR count). The van der Waals surface area contributed by atoms with E-state index in [2.05, 4.69) is 9.97 Å². The molecule has 1 spiro atoms. The van der Waals surface area contributed by atoms with E-state index in [4.69, 9.17) is 9.47 Å². The molecule has 6 heteroatoms. The molecule has 6 nitrogen and oxygen atoms in total. The maximum absolute atomic E-state index is 12.8. The van der Waals surface area contributed by atoms with Crippen molar-refractivity contribution in [3.8, 4) is 5.75 Å². The number of rotatable bonds is 4. The van der Waals surface area contributed by atoms with Gasteiger partial charge >= 0.3 is 0 Å². The van der Waals surface area contributed by atoms with Gasteiger partial charge in [0.05, 0.1) is 37.1 Å². The van der Waals surface area contributed by atoms with Crippen LogP contribution in [0.5, 0.6) is 5.75 Å². The van der Waals surface area contributed by atoms with E-state index < -0.39 is 0 Å². The first-order valence-corrected chi connectivity index (χ1v) is 9.13. The normalized spacial score (nSPS) is 25.4. The van der Waals surface area contributed by atoms with Crippen LogP contribution in [0.25, 0.3) is 0 Å². The second kappa shape index (κ2) is 7.41. The smallest absolute Gasteiger partial charge is 0.255 e. The van der Waals surface area contributed by atoms with E-state index in [1.165, 1.54) is 0 Å². The predicted octanol–water partition coefficient (Wildman–Crippen LogP) is 2.57. The first-order chi connectivity index (χ1) is 12.8. The Bertz CT molecular complexity index is 740. The highest BCUT2D eigenvalue weighted by Gasteiger charge is 2.48. The number of pyridine rings is 2. The molecule has 1 aliphatic carbocycles. The standard InChI is InChI=1S/C20H23N3O3/c24-19(16-4-2-8-21-12-16)23-10-11-26-20(15-23)7-1-5-17(20)14-25-18-6-3-9-22-13-18/h2-4,6,8-9,12-13,17H,1,5,7,10-11,14-15H2/t17-,20-/m1/s1. The van der Waals surface area contributed by atoms with E-state index in [-0.39, 0.29) is 17.4 Å². The fourth-order valence-electron chi connectivity index (χ4n) is 4.03. The molecule has 2 aromatic rings. The van der Waals surface area contributed by atoms with Crippen LogP contribution < -0.4 is 4.74 Å². The molecule has 0 bridgehead atoms. The highest BCUT2D eigenvalue weighted by atomic mass is 16.5. The number of morpholine rings is 1.